The van der Waals surface area contributed by atoms with Gasteiger partial charge in [0.15, 0.2) is 0 Å². The Morgan fingerprint density at radius 1 is 1.33 bits per heavy atom. The zero-order valence-electron chi connectivity index (χ0n) is 11.5. The van der Waals surface area contributed by atoms with Gasteiger partial charge in [0, 0.05) is 19.6 Å². The van der Waals surface area contributed by atoms with Crippen LogP contribution < -0.4 is 0 Å². The van der Waals surface area contributed by atoms with E-state index in [0.717, 1.165) is 31.8 Å². The number of ether oxygens (including phenoxy) is 1. The van der Waals surface area contributed by atoms with Crippen molar-refractivity contribution in [1.29, 1.82) is 0 Å². The summed E-state index contributed by atoms with van der Waals surface area (Å²) < 4.78 is 5.71. The summed E-state index contributed by atoms with van der Waals surface area (Å²) in [6.07, 6.45) is -0.388. The molecule has 0 aliphatic carbocycles. The number of nitrogens with zero attached hydrogens (tertiary/aromatic N) is 1. The molecule has 2 rings (SSSR count). The van der Waals surface area contributed by atoms with Crippen LogP contribution in [-0.4, -0.2) is 35.3 Å². The predicted molar refractivity (Wildman–Crippen MR) is 72.4 cm³/mol. The van der Waals surface area contributed by atoms with Gasteiger partial charge in [0.1, 0.15) is 0 Å². The van der Waals surface area contributed by atoms with Gasteiger partial charge in [0.2, 0.25) is 0 Å². The SMILES string of the molecule is CC(O)c1ccc(CN2CCOC(C)(C)C2)cc1. The average molecular weight is 249 g/mol. The minimum atomic E-state index is -0.388. The number of morpholine rings is 1. The molecule has 3 nitrogen and oxygen atoms in total. The van der Waals surface area contributed by atoms with Gasteiger partial charge >= 0.3 is 0 Å². The summed E-state index contributed by atoms with van der Waals surface area (Å²) in [5.74, 6) is 0. The monoisotopic (exact) mass is 249 g/mol. The Kier molecular flexibility index (Phi) is 4.05. The highest BCUT2D eigenvalue weighted by Crippen LogP contribution is 2.19. The van der Waals surface area contributed by atoms with Gasteiger partial charge in [-0.1, -0.05) is 24.3 Å². The van der Waals surface area contributed by atoms with E-state index in [4.69, 9.17) is 4.74 Å². The van der Waals surface area contributed by atoms with Crippen molar-refractivity contribution in [3.8, 4) is 0 Å². The summed E-state index contributed by atoms with van der Waals surface area (Å²) in [6.45, 7) is 9.77. The van der Waals surface area contributed by atoms with Gasteiger partial charge in [-0.25, -0.2) is 0 Å². The Bertz CT molecular complexity index is 384. The number of hydrogen-bond donors (Lipinski definition) is 1. The molecule has 0 spiro atoms. The second-order valence-corrected chi connectivity index (χ2v) is 5.74. The van der Waals surface area contributed by atoms with E-state index in [2.05, 4.69) is 30.9 Å². The topological polar surface area (TPSA) is 32.7 Å². The molecule has 100 valence electrons. The Morgan fingerprint density at radius 3 is 2.56 bits per heavy atom. The fourth-order valence-electron chi connectivity index (χ4n) is 2.41. The van der Waals surface area contributed by atoms with Crippen LogP contribution >= 0.6 is 0 Å². The molecule has 0 saturated carbocycles. The summed E-state index contributed by atoms with van der Waals surface area (Å²) in [5.41, 5.74) is 2.22. The molecule has 1 N–H and O–H groups in total. The van der Waals surface area contributed by atoms with Crippen LogP contribution in [0.4, 0.5) is 0 Å². The highest BCUT2D eigenvalue weighted by molar-refractivity contribution is 5.23. The van der Waals surface area contributed by atoms with Gasteiger partial charge in [-0.2, -0.15) is 0 Å². The summed E-state index contributed by atoms with van der Waals surface area (Å²) in [6, 6.07) is 8.21. The molecule has 1 fully saturated rings. The normalized spacial score (nSPS) is 21.8. The maximum atomic E-state index is 9.48. The predicted octanol–water partition coefficient (Wildman–Crippen LogP) is 2.35. The molecule has 1 atom stereocenters. The zero-order chi connectivity index (χ0) is 13.2. The second-order valence-electron chi connectivity index (χ2n) is 5.74. The molecule has 0 radical (unpaired) electrons. The fraction of sp³-hybridized carbons (Fsp3) is 0.600. The fourth-order valence-corrected chi connectivity index (χ4v) is 2.41. The first kappa shape index (κ1) is 13.5. The molecular weight excluding hydrogens is 226 g/mol. The van der Waals surface area contributed by atoms with Gasteiger partial charge in [-0.15, -0.1) is 0 Å². The molecule has 3 heteroatoms. The van der Waals surface area contributed by atoms with E-state index in [1.807, 2.05) is 12.1 Å². The van der Waals surface area contributed by atoms with Gasteiger partial charge in [0.05, 0.1) is 18.3 Å². The van der Waals surface area contributed by atoms with Crippen LogP contribution in [0.5, 0.6) is 0 Å². The standard InChI is InChI=1S/C15H23NO2/c1-12(17)14-6-4-13(5-7-14)10-16-8-9-18-15(2,3)11-16/h4-7,12,17H,8-11H2,1-3H3. The van der Waals surface area contributed by atoms with Crippen molar-refractivity contribution in [1.82, 2.24) is 4.90 Å². The van der Waals surface area contributed by atoms with Crippen molar-refractivity contribution in [3.63, 3.8) is 0 Å². The molecule has 1 aliphatic rings. The molecule has 0 amide bonds. The summed E-state index contributed by atoms with van der Waals surface area (Å²) in [4.78, 5) is 2.42. The maximum absolute atomic E-state index is 9.48. The average Bonchev–Trinajstić information content (AvgIpc) is 2.28. The quantitative estimate of drug-likeness (QED) is 0.892. The van der Waals surface area contributed by atoms with E-state index < -0.39 is 0 Å². The number of benzene rings is 1. The van der Waals surface area contributed by atoms with Crippen molar-refractivity contribution in [2.75, 3.05) is 19.7 Å². The van der Waals surface area contributed by atoms with Gasteiger partial charge in [0.25, 0.3) is 0 Å². The molecule has 18 heavy (non-hydrogen) atoms. The molecule has 1 aromatic carbocycles. The Balaban J connectivity index is 1.97. The lowest BCUT2D eigenvalue weighted by Gasteiger charge is -2.38. The van der Waals surface area contributed by atoms with E-state index >= 15 is 0 Å². The molecule has 0 bridgehead atoms. The zero-order valence-corrected chi connectivity index (χ0v) is 11.5. The van der Waals surface area contributed by atoms with Crippen molar-refractivity contribution in [2.45, 2.75) is 39.0 Å². The smallest absolute Gasteiger partial charge is 0.0761 e. The first-order valence-electron chi connectivity index (χ1n) is 6.59. The third-order valence-electron chi connectivity index (χ3n) is 3.37. The molecule has 1 aliphatic heterocycles. The van der Waals surface area contributed by atoms with E-state index in [1.54, 1.807) is 6.92 Å². The first-order chi connectivity index (χ1) is 8.46. The number of rotatable bonds is 3. The maximum Gasteiger partial charge on any atom is 0.0761 e. The largest absolute Gasteiger partial charge is 0.389 e. The summed E-state index contributed by atoms with van der Waals surface area (Å²) in [5, 5.41) is 9.48. The van der Waals surface area contributed by atoms with E-state index in [9.17, 15) is 5.11 Å². The van der Waals surface area contributed by atoms with Crippen LogP contribution in [0.3, 0.4) is 0 Å². The third-order valence-corrected chi connectivity index (χ3v) is 3.37. The highest BCUT2D eigenvalue weighted by atomic mass is 16.5. The minimum Gasteiger partial charge on any atom is -0.389 e. The van der Waals surface area contributed by atoms with E-state index in [0.29, 0.717) is 0 Å². The molecule has 1 saturated heterocycles. The Hall–Kier alpha value is -0.900. The number of aliphatic hydroxyl groups is 1. The molecule has 1 heterocycles. The Labute approximate surface area is 109 Å². The van der Waals surface area contributed by atoms with Crippen molar-refractivity contribution in [3.05, 3.63) is 35.4 Å². The second kappa shape index (κ2) is 5.39. The van der Waals surface area contributed by atoms with Gasteiger partial charge in [-0.05, 0) is 31.9 Å². The van der Waals surface area contributed by atoms with Crippen LogP contribution in [0.25, 0.3) is 0 Å². The van der Waals surface area contributed by atoms with Crippen LogP contribution in [0.2, 0.25) is 0 Å². The molecule has 1 unspecified atom stereocenters. The van der Waals surface area contributed by atoms with Crippen LogP contribution in [0, 0.1) is 0 Å². The highest BCUT2D eigenvalue weighted by Gasteiger charge is 2.26. The summed E-state index contributed by atoms with van der Waals surface area (Å²) >= 11 is 0. The van der Waals surface area contributed by atoms with Gasteiger partial charge < -0.3 is 9.84 Å². The van der Waals surface area contributed by atoms with Crippen LogP contribution in [0.1, 0.15) is 38.0 Å². The van der Waals surface area contributed by atoms with Crippen LogP contribution in [-0.2, 0) is 11.3 Å². The lowest BCUT2D eigenvalue weighted by atomic mass is 10.1. The third kappa shape index (κ3) is 3.55. The van der Waals surface area contributed by atoms with E-state index in [1.165, 1.54) is 5.56 Å². The van der Waals surface area contributed by atoms with Crippen LogP contribution in [0.15, 0.2) is 24.3 Å². The van der Waals surface area contributed by atoms with E-state index in [-0.39, 0.29) is 11.7 Å². The van der Waals surface area contributed by atoms with Crippen molar-refractivity contribution in [2.24, 2.45) is 0 Å². The van der Waals surface area contributed by atoms with Crippen molar-refractivity contribution >= 4 is 0 Å². The van der Waals surface area contributed by atoms with Crippen molar-refractivity contribution < 1.29 is 9.84 Å². The molecular formula is C15H23NO2. The first-order valence-corrected chi connectivity index (χ1v) is 6.59. The Morgan fingerprint density at radius 2 is 2.00 bits per heavy atom. The number of aliphatic hydroxyl groups excluding tert-OH is 1. The van der Waals surface area contributed by atoms with Gasteiger partial charge in [-0.3, -0.25) is 4.90 Å². The lowest BCUT2D eigenvalue weighted by Crippen LogP contribution is -2.47. The lowest BCUT2D eigenvalue weighted by molar-refractivity contribution is -0.0882. The molecule has 0 aromatic heterocycles. The summed E-state index contributed by atoms with van der Waals surface area (Å²) in [7, 11) is 0. The minimum absolute atomic E-state index is 0.0438. The number of hydrogen-bond acceptors (Lipinski definition) is 3. The molecule has 1 aromatic rings.